The summed E-state index contributed by atoms with van der Waals surface area (Å²) < 4.78 is 0. The average Bonchev–Trinajstić information content (AvgIpc) is 2.82. The van der Waals surface area contributed by atoms with Crippen LogP contribution in [-0.2, 0) is 0 Å². The van der Waals surface area contributed by atoms with E-state index in [1.54, 1.807) is 12.4 Å². The third-order valence-electron chi connectivity index (χ3n) is 2.81. The zero-order valence-electron chi connectivity index (χ0n) is 9.84. The molecule has 0 aliphatic carbocycles. The summed E-state index contributed by atoms with van der Waals surface area (Å²) in [7, 11) is 0. The van der Waals surface area contributed by atoms with Gasteiger partial charge < -0.3 is 5.73 Å². The molecule has 5 nitrogen and oxygen atoms in total. The highest BCUT2D eigenvalue weighted by atomic mass is 35.5. The van der Waals surface area contributed by atoms with E-state index in [4.69, 9.17) is 17.3 Å². The van der Waals surface area contributed by atoms with Gasteiger partial charge in [-0.15, -0.1) is 0 Å². The summed E-state index contributed by atoms with van der Waals surface area (Å²) in [6.45, 7) is 0. The van der Waals surface area contributed by atoms with Gasteiger partial charge in [-0.25, -0.2) is 0 Å². The fraction of sp³-hybridized carbons (Fsp3) is 0. The van der Waals surface area contributed by atoms with E-state index in [1.807, 2.05) is 30.3 Å². The lowest BCUT2D eigenvalue weighted by Gasteiger charge is -2.06. The van der Waals surface area contributed by atoms with Crippen molar-refractivity contribution in [1.82, 2.24) is 20.4 Å². The van der Waals surface area contributed by atoms with Crippen LogP contribution >= 0.6 is 11.6 Å². The summed E-state index contributed by atoms with van der Waals surface area (Å²) in [5.74, 6) is 0.403. The van der Waals surface area contributed by atoms with Crippen LogP contribution in [0.15, 0.2) is 42.7 Å². The van der Waals surface area contributed by atoms with Gasteiger partial charge in [0.15, 0.2) is 5.82 Å². The number of benzene rings is 1. The summed E-state index contributed by atoms with van der Waals surface area (Å²) in [6.07, 6.45) is 3.26. The number of nitrogen functional groups attached to an aromatic ring is 1. The van der Waals surface area contributed by atoms with Gasteiger partial charge in [-0.1, -0.05) is 29.8 Å². The number of anilines is 1. The quantitative estimate of drug-likeness (QED) is 0.751. The van der Waals surface area contributed by atoms with E-state index >= 15 is 0 Å². The van der Waals surface area contributed by atoms with E-state index in [0.29, 0.717) is 10.8 Å². The molecule has 2 aromatic heterocycles. The number of nitrogens with zero attached hydrogens (tertiary/aromatic N) is 3. The molecule has 3 rings (SSSR count). The van der Waals surface area contributed by atoms with Gasteiger partial charge in [0.05, 0.1) is 23.7 Å². The highest BCUT2D eigenvalue weighted by molar-refractivity contribution is 6.33. The predicted molar refractivity (Wildman–Crippen MR) is 74.5 cm³/mol. The molecule has 0 amide bonds. The van der Waals surface area contributed by atoms with Crippen LogP contribution in [0.3, 0.4) is 0 Å². The molecule has 6 heteroatoms. The van der Waals surface area contributed by atoms with Crippen LogP contribution in [0.2, 0.25) is 5.02 Å². The molecule has 3 aromatic rings. The van der Waals surface area contributed by atoms with Gasteiger partial charge in [-0.2, -0.15) is 15.3 Å². The maximum Gasteiger partial charge on any atom is 0.153 e. The predicted octanol–water partition coefficient (Wildman–Crippen LogP) is 2.77. The van der Waals surface area contributed by atoms with Crippen molar-refractivity contribution < 1.29 is 0 Å². The molecular formula is C13H10ClN5. The number of aromatic nitrogens is 4. The summed E-state index contributed by atoms with van der Waals surface area (Å²) in [5, 5.41) is 15.2. The van der Waals surface area contributed by atoms with E-state index in [-0.39, 0.29) is 0 Å². The van der Waals surface area contributed by atoms with Crippen LogP contribution in [0.25, 0.3) is 22.4 Å². The Kier molecular flexibility index (Phi) is 2.89. The lowest BCUT2D eigenvalue weighted by atomic mass is 10.0. The second-order valence-corrected chi connectivity index (χ2v) is 4.38. The standard InChI is InChI=1S/C13H10ClN5/c14-10-4-2-1-3-9(10)11-12(18-19-13(11)15)8-5-6-16-17-7-8/h1-7H,(H3,15,18,19). The maximum atomic E-state index is 6.22. The average molecular weight is 272 g/mol. The Balaban J connectivity index is 2.23. The van der Waals surface area contributed by atoms with Gasteiger partial charge in [0, 0.05) is 16.1 Å². The van der Waals surface area contributed by atoms with E-state index in [2.05, 4.69) is 20.4 Å². The van der Waals surface area contributed by atoms with Gasteiger partial charge in [0.2, 0.25) is 0 Å². The summed E-state index contributed by atoms with van der Waals surface area (Å²) in [6, 6.07) is 9.33. The van der Waals surface area contributed by atoms with Crippen LogP contribution in [-0.4, -0.2) is 20.4 Å². The van der Waals surface area contributed by atoms with Crippen molar-refractivity contribution in [2.45, 2.75) is 0 Å². The first-order valence-corrected chi connectivity index (χ1v) is 6.01. The van der Waals surface area contributed by atoms with Crippen molar-refractivity contribution in [1.29, 1.82) is 0 Å². The Morgan fingerprint density at radius 3 is 2.68 bits per heavy atom. The Bertz CT molecular complexity index is 708. The molecule has 0 fully saturated rings. The molecule has 0 unspecified atom stereocenters. The summed E-state index contributed by atoms with van der Waals surface area (Å²) in [5.41, 5.74) is 9.19. The van der Waals surface area contributed by atoms with E-state index in [1.165, 1.54) is 0 Å². The Morgan fingerprint density at radius 1 is 1.11 bits per heavy atom. The van der Waals surface area contributed by atoms with Crippen molar-refractivity contribution >= 4 is 17.4 Å². The van der Waals surface area contributed by atoms with Gasteiger partial charge in [0.1, 0.15) is 0 Å². The van der Waals surface area contributed by atoms with Crippen molar-refractivity contribution in [3.8, 4) is 22.4 Å². The molecule has 19 heavy (non-hydrogen) atoms. The Labute approximate surface area is 114 Å². The second kappa shape index (κ2) is 4.70. The Hall–Kier alpha value is -2.40. The first-order chi connectivity index (χ1) is 9.27. The normalized spacial score (nSPS) is 10.6. The van der Waals surface area contributed by atoms with Crippen LogP contribution in [0.4, 0.5) is 5.82 Å². The monoisotopic (exact) mass is 271 g/mol. The molecule has 0 saturated carbocycles. The third-order valence-corrected chi connectivity index (χ3v) is 3.14. The number of H-pyrrole nitrogens is 1. The van der Waals surface area contributed by atoms with E-state index in [0.717, 1.165) is 22.4 Å². The minimum Gasteiger partial charge on any atom is -0.382 e. The molecule has 0 bridgehead atoms. The van der Waals surface area contributed by atoms with Gasteiger partial charge in [-0.3, -0.25) is 5.10 Å². The van der Waals surface area contributed by atoms with Crippen LogP contribution in [0.1, 0.15) is 0 Å². The lowest BCUT2D eigenvalue weighted by Crippen LogP contribution is -1.90. The zero-order chi connectivity index (χ0) is 13.2. The van der Waals surface area contributed by atoms with Crippen molar-refractivity contribution in [2.24, 2.45) is 0 Å². The number of rotatable bonds is 2. The number of halogens is 1. The van der Waals surface area contributed by atoms with Crippen molar-refractivity contribution in [3.63, 3.8) is 0 Å². The second-order valence-electron chi connectivity index (χ2n) is 3.97. The number of hydrogen-bond donors (Lipinski definition) is 2. The molecule has 1 aromatic carbocycles. The largest absolute Gasteiger partial charge is 0.382 e. The SMILES string of the molecule is Nc1n[nH]c(-c2ccnnc2)c1-c1ccccc1Cl. The smallest absolute Gasteiger partial charge is 0.153 e. The minimum atomic E-state index is 0.403. The highest BCUT2D eigenvalue weighted by Crippen LogP contribution is 2.37. The molecule has 0 radical (unpaired) electrons. The van der Waals surface area contributed by atoms with E-state index < -0.39 is 0 Å². The third kappa shape index (κ3) is 2.04. The maximum absolute atomic E-state index is 6.22. The summed E-state index contributed by atoms with van der Waals surface area (Å²) in [4.78, 5) is 0. The zero-order valence-corrected chi connectivity index (χ0v) is 10.6. The number of nitrogens with one attached hydrogen (secondary N) is 1. The molecule has 0 aliphatic rings. The number of aromatic amines is 1. The molecule has 0 aliphatic heterocycles. The van der Waals surface area contributed by atoms with Gasteiger partial charge in [-0.05, 0) is 12.1 Å². The molecule has 94 valence electrons. The Morgan fingerprint density at radius 2 is 1.95 bits per heavy atom. The van der Waals surface area contributed by atoms with Crippen molar-refractivity contribution in [3.05, 3.63) is 47.7 Å². The molecule has 0 saturated heterocycles. The van der Waals surface area contributed by atoms with Crippen LogP contribution in [0.5, 0.6) is 0 Å². The van der Waals surface area contributed by atoms with Gasteiger partial charge in [0.25, 0.3) is 0 Å². The fourth-order valence-corrected chi connectivity index (χ4v) is 2.17. The van der Waals surface area contributed by atoms with Crippen LogP contribution < -0.4 is 5.73 Å². The molecule has 0 spiro atoms. The van der Waals surface area contributed by atoms with Gasteiger partial charge >= 0.3 is 0 Å². The lowest BCUT2D eigenvalue weighted by molar-refractivity contribution is 1.03. The number of hydrogen-bond acceptors (Lipinski definition) is 4. The highest BCUT2D eigenvalue weighted by Gasteiger charge is 2.16. The first-order valence-electron chi connectivity index (χ1n) is 5.63. The van der Waals surface area contributed by atoms with Crippen molar-refractivity contribution in [2.75, 3.05) is 5.73 Å². The fourth-order valence-electron chi connectivity index (χ4n) is 1.94. The molecule has 0 atom stereocenters. The topological polar surface area (TPSA) is 80.5 Å². The first kappa shape index (κ1) is 11.7. The number of nitrogens with two attached hydrogens (primary N) is 1. The van der Waals surface area contributed by atoms with E-state index in [9.17, 15) is 0 Å². The molecule has 2 heterocycles. The summed E-state index contributed by atoms with van der Waals surface area (Å²) >= 11 is 6.22. The van der Waals surface area contributed by atoms with Crippen LogP contribution in [0, 0.1) is 0 Å². The minimum absolute atomic E-state index is 0.403. The molecular weight excluding hydrogens is 262 g/mol. The molecule has 3 N–H and O–H groups in total.